The molecule has 0 aromatic carbocycles. The summed E-state index contributed by atoms with van der Waals surface area (Å²) in [6.07, 6.45) is 2.46. The van der Waals surface area contributed by atoms with Crippen molar-refractivity contribution >= 4 is 11.9 Å². The molecular weight excluding hydrogens is 308 g/mol. The maximum atomic E-state index is 12.5. The summed E-state index contributed by atoms with van der Waals surface area (Å²) in [5, 5.41) is 0. The molecule has 0 bridgehead atoms. The van der Waals surface area contributed by atoms with Gasteiger partial charge in [0.15, 0.2) is 0 Å². The Labute approximate surface area is 145 Å². The molecule has 0 unspecified atom stereocenters. The van der Waals surface area contributed by atoms with Crippen LogP contribution in [0.4, 0.5) is 0 Å². The fraction of sp³-hybridized carbons (Fsp3) is 0.889. The van der Waals surface area contributed by atoms with E-state index in [1.54, 1.807) is 0 Å². The Balaban J connectivity index is 1.84. The largest absolute Gasteiger partial charge is 0.469 e. The highest BCUT2D eigenvalue weighted by atomic mass is 16.5. The van der Waals surface area contributed by atoms with E-state index < -0.39 is 0 Å². The Kier molecular flexibility index (Phi) is 6.63. The summed E-state index contributed by atoms with van der Waals surface area (Å²) in [6, 6.07) is 0. The number of hydrogen-bond acceptors (Lipinski definition) is 5. The van der Waals surface area contributed by atoms with Crippen molar-refractivity contribution < 1.29 is 19.1 Å². The van der Waals surface area contributed by atoms with Crippen LogP contribution in [0.15, 0.2) is 0 Å². The van der Waals surface area contributed by atoms with Crippen molar-refractivity contribution in [1.29, 1.82) is 0 Å². The van der Waals surface area contributed by atoms with Gasteiger partial charge in [-0.05, 0) is 18.8 Å². The van der Waals surface area contributed by atoms with E-state index in [0.717, 1.165) is 45.6 Å². The molecule has 0 saturated carbocycles. The van der Waals surface area contributed by atoms with Crippen molar-refractivity contribution in [2.24, 2.45) is 11.3 Å². The van der Waals surface area contributed by atoms with E-state index in [2.05, 4.69) is 4.90 Å². The van der Waals surface area contributed by atoms with E-state index in [0.29, 0.717) is 18.9 Å². The maximum Gasteiger partial charge on any atom is 0.308 e. The van der Waals surface area contributed by atoms with E-state index >= 15 is 0 Å². The number of morpholine rings is 1. The Hall–Kier alpha value is -1.14. The number of ether oxygens (including phenoxy) is 2. The third-order valence-corrected chi connectivity index (χ3v) is 4.81. The predicted octanol–water partition coefficient (Wildman–Crippen LogP) is 1.53. The first kappa shape index (κ1) is 19.2. The number of methoxy groups -OCH3 is 1. The van der Waals surface area contributed by atoms with Crippen molar-refractivity contribution in [2.45, 2.75) is 46.1 Å². The van der Waals surface area contributed by atoms with Gasteiger partial charge in [-0.15, -0.1) is 0 Å². The monoisotopic (exact) mass is 340 g/mol. The molecule has 24 heavy (non-hydrogen) atoms. The number of carbonyl (C=O) groups excluding carboxylic acids is 2. The molecule has 0 N–H and O–H groups in total. The zero-order chi connectivity index (χ0) is 17.7. The zero-order valence-corrected chi connectivity index (χ0v) is 15.5. The second kappa shape index (κ2) is 8.30. The molecule has 0 radical (unpaired) electrons. The highest BCUT2D eigenvalue weighted by molar-refractivity contribution is 5.81. The molecule has 6 nitrogen and oxygen atoms in total. The average molecular weight is 340 g/mol. The summed E-state index contributed by atoms with van der Waals surface area (Å²) < 4.78 is 10.4. The van der Waals surface area contributed by atoms with E-state index in [9.17, 15) is 9.59 Å². The summed E-state index contributed by atoms with van der Waals surface area (Å²) in [5.74, 6) is 0.529. The van der Waals surface area contributed by atoms with Crippen molar-refractivity contribution in [3.05, 3.63) is 0 Å². The van der Waals surface area contributed by atoms with Crippen molar-refractivity contribution in [3.8, 4) is 0 Å². The first-order chi connectivity index (χ1) is 11.3. The number of carbonyl (C=O) groups is 2. The van der Waals surface area contributed by atoms with Gasteiger partial charge in [0.25, 0.3) is 0 Å². The molecule has 2 saturated heterocycles. The van der Waals surface area contributed by atoms with Crippen LogP contribution in [-0.4, -0.2) is 74.2 Å². The molecule has 6 heteroatoms. The van der Waals surface area contributed by atoms with Gasteiger partial charge in [0, 0.05) is 38.1 Å². The van der Waals surface area contributed by atoms with Gasteiger partial charge in [-0.3, -0.25) is 14.5 Å². The first-order valence-electron chi connectivity index (χ1n) is 8.99. The summed E-state index contributed by atoms with van der Waals surface area (Å²) in [4.78, 5) is 28.3. The minimum Gasteiger partial charge on any atom is -0.469 e. The molecule has 2 fully saturated rings. The molecule has 0 spiro atoms. The van der Waals surface area contributed by atoms with Gasteiger partial charge in [-0.2, -0.15) is 0 Å². The number of likely N-dealkylation sites (tertiary alicyclic amines) is 1. The van der Waals surface area contributed by atoms with Crippen LogP contribution in [0.2, 0.25) is 0 Å². The maximum absolute atomic E-state index is 12.5. The third kappa shape index (κ3) is 5.45. The van der Waals surface area contributed by atoms with Crippen LogP contribution in [-0.2, 0) is 19.1 Å². The van der Waals surface area contributed by atoms with Gasteiger partial charge < -0.3 is 14.4 Å². The molecule has 1 amide bonds. The van der Waals surface area contributed by atoms with Crippen LogP contribution >= 0.6 is 0 Å². The predicted molar refractivity (Wildman–Crippen MR) is 91.6 cm³/mol. The van der Waals surface area contributed by atoms with E-state index in [4.69, 9.17) is 9.47 Å². The molecule has 0 aromatic rings. The highest BCUT2D eigenvalue weighted by Crippen LogP contribution is 2.24. The lowest BCUT2D eigenvalue weighted by Gasteiger charge is -2.40. The number of amides is 1. The standard InChI is InChI=1S/C18H32N2O4/c1-18(2,3)17(22)20-7-5-6-14(12-20)11-19-8-9-24-15(13-19)10-16(21)23-4/h14-15H,5-13H2,1-4H3/t14-,15-/m1/s1. The van der Waals surface area contributed by atoms with Gasteiger partial charge in [0.05, 0.1) is 26.2 Å². The lowest BCUT2D eigenvalue weighted by Crippen LogP contribution is -2.50. The van der Waals surface area contributed by atoms with Gasteiger partial charge in [0.1, 0.15) is 0 Å². The normalized spacial score (nSPS) is 26.2. The Morgan fingerprint density at radius 1 is 1.21 bits per heavy atom. The lowest BCUT2D eigenvalue weighted by molar-refractivity contribution is -0.146. The molecule has 138 valence electrons. The van der Waals surface area contributed by atoms with Crippen LogP contribution in [0.5, 0.6) is 0 Å². The molecular formula is C18H32N2O4. The SMILES string of the molecule is COC(=O)C[C@@H]1CN(C[C@H]2CCCN(C(=O)C(C)(C)C)C2)CCO1. The Morgan fingerprint density at radius 3 is 2.62 bits per heavy atom. The van der Waals surface area contributed by atoms with Gasteiger partial charge in [-0.1, -0.05) is 20.8 Å². The molecule has 0 aromatic heterocycles. The number of hydrogen-bond donors (Lipinski definition) is 0. The van der Waals surface area contributed by atoms with E-state index in [-0.39, 0.29) is 23.4 Å². The van der Waals surface area contributed by atoms with E-state index in [1.165, 1.54) is 7.11 Å². The quantitative estimate of drug-likeness (QED) is 0.727. The molecule has 2 rings (SSSR count). The second-order valence-electron chi connectivity index (χ2n) is 8.04. The molecule has 2 aliphatic heterocycles. The van der Waals surface area contributed by atoms with Crippen LogP contribution in [0.3, 0.4) is 0 Å². The third-order valence-electron chi connectivity index (χ3n) is 4.81. The lowest BCUT2D eigenvalue weighted by atomic mass is 9.91. The molecule has 2 aliphatic rings. The first-order valence-corrected chi connectivity index (χ1v) is 8.99. The van der Waals surface area contributed by atoms with Crippen LogP contribution in [0.25, 0.3) is 0 Å². The molecule has 2 atom stereocenters. The summed E-state index contributed by atoms with van der Waals surface area (Å²) >= 11 is 0. The fourth-order valence-electron chi connectivity index (χ4n) is 3.58. The smallest absolute Gasteiger partial charge is 0.308 e. The topological polar surface area (TPSA) is 59.1 Å². The van der Waals surface area contributed by atoms with Gasteiger partial charge in [0.2, 0.25) is 5.91 Å². The van der Waals surface area contributed by atoms with Crippen LogP contribution in [0.1, 0.15) is 40.0 Å². The molecule has 0 aliphatic carbocycles. The average Bonchev–Trinajstić information content (AvgIpc) is 2.53. The highest BCUT2D eigenvalue weighted by Gasteiger charge is 2.32. The van der Waals surface area contributed by atoms with Gasteiger partial charge >= 0.3 is 5.97 Å². The van der Waals surface area contributed by atoms with Gasteiger partial charge in [-0.25, -0.2) is 0 Å². The summed E-state index contributed by atoms with van der Waals surface area (Å²) in [7, 11) is 1.41. The van der Waals surface area contributed by atoms with Crippen LogP contribution < -0.4 is 0 Å². The number of rotatable bonds is 4. The van der Waals surface area contributed by atoms with E-state index in [1.807, 2.05) is 25.7 Å². The zero-order valence-electron chi connectivity index (χ0n) is 15.5. The van der Waals surface area contributed by atoms with Crippen molar-refractivity contribution in [2.75, 3.05) is 46.4 Å². The molecule has 2 heterocycles. The van der Waals surface area contributed by atoms with Crippen molar-refractivity contribution in [1.82, 2.24) is 9.80 Å². The fourth-order valence-corrected chi connectivity index (χ4v) is 3.58. The Bertz CT molecular complexity index is 447. The second-order valence-corrected chi connectivity index (χ2v) is 8.04. The summed E-state index contributed by atoms with van der Waals surface area (Å²) in [6.45, 7) is 10.9. The Morgan fingerprint density at radius 2 is 1.96 bits per heavy atom. The summed E-state index contributed by atoms with van der Waals surface area (Å²) in [5.41, 5.74) is -0.313. The number of piperidine rings is 1. The minimum absolute atomic E-state index is 0.0814. The number of nitrogens with zero attached hydrogens (tertiary/aromatic N) is 2. The van der Waals surface area contributed by atoms with Crippen LogP contribution in [0, 0.1) is 11.3 Å². The number of esters is 1. The van der Waals surface area contributed by atoms with Crippen molar-refractivity contribution in [3.63, 3.8) is 0 Å². The minimum atomic E-state index is -0.313.